The summed E-state index contributed by atoms with van der Waals surface area (Å²) < 4.78 is 11.4. The lowest BCUT2D eigenvalue weighted by atomic mass is 10.0. The molecule has 2 rings (SSSR count). The van der Waals surface area contributed by atoms with E-state index >= 15 is 0 Å². The van der Waals surface area contributed by atoms with Crippen LogP contribution in [0.25, 0.3) is 11.4 Å². The molecule has 0 radical (unpaired) electrons. The number of benzene rings is 1. The van der Waals surface area contributed by atoms with Gasteiger partial charge in [0.2, 0.25) is 5.60 Å². The van der Waals surface area contributed by atoms with E-state index in [0.29, 0.717) is 30.4 Å². The van der Waals surface area contributed by atoms with Crippen LogP contribution in [-0.4, -0.2) is 33.3 Å². The van der Waals surface area contributed by atoms with Crippen molar-refractivity contribution in [3.8, 4) is 22.9 Å². The number of aromatic nitrogens is 2. The van der Waals surface area contributed by atoms with Crippen molar-refractivity contribution in [2.24, 2.45) is 0 Å². The number of rotatable bonds is 13. The standard InChI is InChI=1S/C23H32N2O4/c1-4-6-7-8-9-10-15-28-20-16-24-21(25-17-20)18-11-13-19(14-12-18)29-23(3,5-2)22(26)27/h11-14,16-17H,4-10,15H2,1-3H3,(H,26,27). The molecule has 1 atom stereocenters. The van der Waals surface area contributed by atoms with Gasteiger partial charge >= 0.3 is 5.97 Å². The Balaban J connectivity index is 1.86. The number of unbranched alkanes of at least 4 members (excludes halogenated alkanes) is 5. The van der Waals surface area contributed by atoms with E-state index < -0.39 is 11.6 Å². The molecule has 158 valence electrons. The van der Waals surface area contributed by atoms with Gasteiger partial charge in [-0.3, -0.25) is 0 Å². The summed E-state index contributed by atoms with van der Waals surface area (Å²) in [6.07, 6.45) is 11.1. The summed E-state index contributed by atoms with van der Waals surface area (Å²) in [6, 6.07) is 7.11. The zero-order valence-corrected chi connectivity index (χ0v) is 17.7. The molecule has 0 aliphatic rings. The molecule has 0 aliphatic carbocycles. The Morgan fingerprint density at radius 1 is 0.966 bits per heavy atom. The minimum Gasteiger partial charge on any atom is -0.490 e. The van der Waals surface area contributed by atoms with Crippen LogP contribution in [0.15, 0.2) is 36.7 Å². The van der Waals surface area contributed by atoms with Gasteiger partial charge in [0, 0.05) is 5.56 Å². The Morgan fingerprint density at radius 2 is 1.59 bits per heavy atom. The molecular formula is C23H32N2O4. The van der Waals surface area contributed by atoms with Gasteiger partial charge < -0.3 is 14.6 Å². The molecule has 0 saturated heterocycles. The summed E-state index contributed by atoms with van der Waals surface area (Å²) in [5.74, 6) is 0.769. The van der Waals surface area contributed by atoms with Crippen molar-refractivity contribution in [3.63, 3.8) is 0 Å². The van der Waals surface area contributed by atoms with Gasteiger partial charge in [-0.2, -0.15) is 0 Å². The molecule has 0 bridgehead atoms. The molecule has 0 spiro atoms. The number of hydrogen-bond acceptors (Lipinski definition) is 5. The number of hydrogen-bond donors (Lipinski definition) is 1. The van der Waals surface area contributed by atoms with Gasteiger partial charge in [-0.1, -0.05) is 46.0 Å². The van der Waals surface area contributed by atoms with Crippen molar-refractivity contribution in [2.75, 3.05) is 6.61 Å². The lowest BCUT2D eigenvalue weighted by Crippen LogP contribution is -2.40. The third kappa shape index (κ3) is 7.04. The van der Waals surface area contributed by atoms with Crippen molar-refractivity contribution < 1.29 is 19.4 Å². The Morgan fingerprint density at radius 3 is 2.17 bits per heavy atom. The summed E-state index contributed by atoms with van der Waals surface area (Å²) in [5.41, 5.74) is -0.416. The predicted octanol–water partition coefficient (Wildman–Crippen LogP) is 5.52. The largest absolute Gasteiger partial charge is 0.490 e. The molecule has 1 N–H and O–H groups in total. The lowest BCUT2D eigenvalue weighted by Gasteiger charge is -2.24. The van der Waals surface area contributed by atoms with Crippen LogP contribution in [-0.2, 0) is 4.79 Å². The minimum absolute atomic E-state index is 0.368. The number of nitrogens with zero attached hydrogens (tertiary/aromatic N) is 2. The normalized spacial score (nSPS) is 12.9. The van der Waals surface area contributed by atoms with Crippen LogP contribution < -0.4 is 9.47 Å². The van der Waals surface area contributed by atoms with E-state index in [1.807, 2.05) is 12.1 Å². The molecular weight excluding hydrogens is 368 g/mol. The van der Waals surface area contributed by atoms with Crippen LogP contribution in [0.1, 0.15) is 65.7 Å². The highest BCUT2D eigenvalue weighted by atomic mass is 16.5. The van der Waals surface area contributed by atoms with E-state index in [4.69, 9.17) is 9.47 Å². The van der Waals surface area contributed by atoms with E-state index in [2.05, 4.69) is 16.9 Å². The monoisotopic (exact) mass is 400 g/mol. The predicted molar refractivity (Wildman–Crippen MR) is 113 cm³/mol. The highest BCUT2D eigenvalue weighted by Crippen LogP contribution is 2.25. The quantitative estimate of drug-likeness (QED) is 0.446. The smallest absolute Gasteiger partial charge is 0.347 e. The first-order valence-corrected chi connectivity index (χ1v) is 10.5. The summed E-state index contributed by atoms with van der Waals surface area (Å²) in [4.78, 5) is 20.1. The molecule has 0 aliphatic heterocycles. The molecule has 29 heavy (non-hydrogen) atoms. The van der Waals surface area contributed by atoms with Gasteiger partial charge in [-0.25, -0.2) is 14.8 Å². The third-order valence-corrected chi connectivity index (χ3v) is 4.98. The first-order chi connectivity index (χ1) is 14.0. The van der Waals surface area contributed by atoms with E-state index in [1.54, 1.807) is 38.4 Å². The summed E-state index contributed by atoms with van der Waals surface area (Å²) in [5, 5.41) is 9.32. The van der Waals surface area contributed by atoms with Gasteiger partial charge in [0.25, 0.3) is 0 Å². The van der Waals surface area contributed by atoms with E-state index in [1.165, 1.54) is 32.1 Å². The number of aliphatic carboxylic acids is 1. The Labute approximate surface area is 173 Å². The van der Waals surface area contributed by atoms with Crippen molar-refractivity contribution in [1.29, 1.82) is 0 Å². The summed E-state index contributed by atoms with van der Waals surface area (Å²) >= 11 is 0. The molecule has 0 fully saturated rings. The van der Waals surface area contributed by atoms with Crippen molar-refractivity contribution in [3.05, 3.63) is 36.7 Å². The Bertz CT molecular complexity index is 746. The third-order valence-electron chi connectivity index (χ3n) is 4.98. The Hall–Kier alpha value is -2.63. The molecule has 1 unspecified atom stereocenters. The van der Waals surface area contributed by atoms with E-state index in [0.717, 1.165) is 12.0 Å². The van der Waals surface area contributed by atoms with E-state index in [9.17, 15) is 9.90 Å². The second-order valence-electron chi connectivity index (χ2n) is 7.37. The molecule has 1 heterocycles. The summed E-state index contributed by atoms with van der Waals surface area (Å²) in [7, 11) is 0. The average molecular weight is 401 g/mol. The molecule has 0 amide bonds. The zero-order valence-electron chi connectivity index (χ0n) is 17.7. The second-order valence-corrected chi connectivity index (χ2v) is 7.37. The van der Waals surface area contributed by atoms with Crippen LogP contribution in [0, 0.1) is 0 Å². The van der Waals surface area contributed by atoms with Gasteiger partial charge in [0.05, 0.1) is 19.0 Å². The fourth-order valence-electron chi connectivity index (χ4n) is 2.81. The lowest BCUT2D eigenvalue weighted by molar-refractivity contribution is -0.154. The maximum absolute atomic E-state index is 11.4. The highest BCUT2D eigenvalue weighted by Gasteiger charge is 2.33. The maximum Gasteiger partial charge on any atom is 0.347 e. The fraction of sp³-hybridized carbons (Fsp3) is 0.522. The number of carboxylic acid groups (broad SMARTS) is 1. The second kappa shape index (κ2) is 11.4. The fourth-order valence-corrected chi connectivity index (χ4v) is 2.81. The van der Waals surface area contributed by atoms with Crippen LogP contribution in [0.3, 0.4) is 0 Å². The molecule has 0 saturated carbocycles. The van der Waals surface area contributed by atoms with Crippen molar-refractivity contribution >= 4 is 5.97 Å². The van der Waals surface area contributed by atoms with Crippen molar-refractivity contribution in [2.45, 2.75) is 71.3 Å². The SMILES string of the molecule is CCCCCCCCOc1cnc(-c2ccc(OC(C)(CC)C(=O)O)cc2)nc1. The average Bonchev–Trinajstić information content (AvgIpc) is 2.74. The maximum atomic E-state index is 11.4. The van der Waals surface area contributed by atoms with Crippen LogP contribution >= 0.6 is 0 Å². The molecule has 1 aromatic carbocycles. The van der Waals surface area contributed by atoms with Gasteiger partial charge in [0.1, 0.15) is 5.75 Å². The topological polar surface area (TPSA) is 81.5 Å². The number of ether oxygens (including phenoxy) is 2. The van der Waals surface area contributed by atoms with Gasteiger partial charge in [-0.15, -0.1) is 0 Å². The Kier molecular flexibility index (Phi) is 8.90. The highest BCUT2D eigenvalue weighted by molar-refractivity contribution is 5.77. The first-order valence-electron chi connectivity index (χ1n) is 10.5. The van der Waals surface area contributed by atoms with Gasteiger partial charge in [-0.05, 0) is 44.0 Å². The van der Waals surface area contributed by atoms with Crippen molar-refractivity contribution in [1.82, 2.24) is 9.97 Å². The van der Waals surface area contributed by atoms with Crippen LogP contribution in [0.4, 0.5) is 0 Å². The number of carboxylic acids is 1. The van der Waals surface area contributed by atoms with Crippen LogP contribution in [0.5, 0.6) is 11.5 Å². The molecule has 2 aromatic rings. The van der Waals surface area contributed by atoms with Crippen LogP contribution in [0.2, 0.25) is 0 Å². The first kappa shape index (κ1) is 22.7. The minimum atomic E-state index is -1.24. The van der Waals surface area contributed by atoms with Gasteiger partial charge in [0.15, 0.2) is 11.6 Å². The number of carbonyl (C=O) groups is 1. The summed E-state index contributed by atoms with van der Waals surface area (Å²) in [6.45, 7) is 6.25. The molecule has 6 nitrogen and oxygen atoms in total. The molecule has 1 aromatic heterocycles. The molecule has 6 heteroatoms. The van der Waals surface area contributed by atoms with E-state index in [-0.39, 0.29) is 0 Å². The zero-order chi connectivity index (χ0) is 21.1.